The monoisotopic (exact) mass is 275 g/mol. The number of likely N-dealkylation sites (N-methyl/N-ethyl adjacent to an activating group) is 2. The Balaban J connectivity index is 2.13. The number of carbonyl (C=O) groups excluding carboxylic acids is 1. The Morgan fingerprint density at radius 3 is 2.75 bits per heavy atom. The molecule has 0 spiro atoms. The largest absolute Gasteiger partial charge is 0.383 e. The SMILES string of the molecule is CCN(CC)C(=O)CN(C)c1cccc2c1NCCC2. The van der Waals surface area contributed by atoms with Crippen LogP contribution in [0.15, 0.2) is 18.2 Å². The zero-order valence-corrected chi connectivity index (χ0v) is 12.8. The van der Waals surface area contributed by atoms with E-state index >= 15 is 0 Å². The summed E-state index contributed by atoms with van der Waals surface area (Å²) < 4.78 is 0. The Bertz CT molecular complexity index is 469. The number of amides is 1. The van der Waals surface area contributed by atoms with Crippen LogP contribution < -0.4 is 10.2 Å². The summed E-state index contributed by atoms with van der Waals surface area (Å²) >= 11 is 0. The maximum Gasteiger partial charge on any atom is 0.242 e. The molecule has 1 N–H and O–H groups in total. The van der Waals surface area contributed by atoms with Gasteiger partial charge in [-0.1, -0.05) is 12.1 Å². The maximum absolute atomic E-state index is 12.2. The third-order valence-electron chi connectivity index (χ3n) is 3.95. The highest BCUT2D eigenvalue weighted by Gasteiger charge is 2.18. The first kappa shape index (κ1) is 14.7. The fourth-order valence-electron chi connectivity index (χ4n) is 2.77. The van der Waals surface area contributed by atoms with E-state index in [0.29, 0.717) is 6.54 Å². The van der Waals surface area contributed by atoms with Crippen molar-refractivity contribution in [1.82, 2.24) is 4.90 Å². The molecular formula is C16H25N3O. The molecule has 0 aliphatic carbocycles. The number of hydrogen-bond donors (Lipinski definition) is 1. The van der Waals surface area contributed by atoms with Crippen molar-refractivity contribution in [1.29, 1.82) is 0 Å². The number of hydrogen-bond acceptors (Lipinski definition) is 3. The number of carbonyl (C=O) groups is 1. The van der Waals surface area contributed by atoms with Gasteiger partial charge in [-0.2, -0.15) is 0 Å². The zero-order chi connectivity index (χ0) is 14.5. The number of fused-ring (bicyclic) bond motifs is 1. The van der Waals surface area contributed by atoms with Crippen LogP contribution in [0.3, 0.4) is 0 Å². The summed E-state index contributed by atoms with van der Waals surface area (Å²) in [4.78, 5) is 16.1. The van der Waals surface area contributed by atoms with E-state index < -0.39 is 0 Å². The average Bonchev–Trinajstić information content (AvgIpc) is 2.47. The minimum atomic E-state index is 0.186. The van der Waals surface area contributed by atoms with E-state index in [1.807, 2.05) is 25.8 Å². The van der Waals surface area contributed by atoms with Crippen molar-refractivity contribution in [3.05, 3.63) is 23.8 Å². The van der Waals surface area contributed by atoms with Crippen LogP contribution in [0.4, 0.5) is 11.4 Å². The lowest BCUT2D eigenvalue weighted by Crippen LogP contribution is -2.39. The predicted octanol–water partition coefficient (Wildman–Crippen LogP) is 2.35. The predicted molar refractivity (Wildman–Crippen MR) is 84.5 cm³/mol. The van der Waals surface area contributed by atoms with Crippen molar-refractivity contribution in [3.63, 3.8) is 0 Å². The summed E-state index contributed by atoms with van der Waals surface area (Å²) in [5.41, 5.74) is 3.69. The summed E-state index contributed by atoms with van der Waals surface area (Å²) in [6.45, 7) is 7.03. The quantitative estimate of drug-likeness (QED) is 0.896. The average molecular weight is 275 g/mol. The molecule has 4 heteroatoms. The first-order valence-corrected chi connectivity index (χ1v) is 7.52. The van der Waals surface area contributed by atoms with E-state index in [9.17, 15) is 4.79 Å². The Morgan fingerprint density at radius 1 is 1.30 bits per heavy atom. The number of nitrogens with one attached hydrogen (secondary N) is 1. The molecule has 1 aliphatic rings. The van der Waals surface area contributed by atoms with Crippen LogP contribution in [-0.4, -0.2) is 44.0 Å². The Hall–Kier alpha value is -1.71. The molecule has 110 valence electrons. The van der Waals surface area contributed by atoms with Gasteiger partial charge in [0.1, 0.15) is 0 Å². The van der Waals surface area contributed by atoms with E-state index in [1.54, 1.807) is 0 Å². The van der Waals surface area contributed by atoms with Gasteiger partial charge in [0.05, 0.1) is 17.9 Å². The lowest BCUT2D eigenvalue weighted by atomic mass is 10.0. The van der Waals surface area contributed by atoms with Gasteiger partial charge in [0, 0.05) is 26.7 Å². The van der Waals surface area contributed by atoms with E-state index in [1.165, 1.54) is 17.7 Å². The summed E-state index contributed by atoms with van der Waals surface area (Å²) in [5.74, 6) is 0.186. The maximum atomic E-state index is 12.2. The highest BCUT2D eigenvalue weighted by Crippen LogP contribution is 2.32. The molecule has 0 atom stereocenters. The van der Waals surface area contributed by atoms with E-state index in [-0.39, 0.29) is 5.91 Å². The number of para-hydroxylation sites is 1. The number of aryl methyl sites for hydroxylation is 1. The van der Waals surface area contributed by atoms with Gasteiger partial charge in [-0.15, -0.1) is 0 Å². The molecule has 20 heavy (non-hydrogen) atoms. The van der Waals surface area contributed by atoms with E-state index in [0.717, 1.165) is 31.7 Å². The van der Waals surface area contributed by atoms with Gasteiger partial charge < -0.3 is 15.1 Å². The van der Waals surface area contributed by atoms with Crippen molar-refractivity contribution in [2.45, 2.75) is 26.7 Å². The van der Waals surface area contributed by atoms with Crippen molar-refractivity contribution >= 4 is 17.3 Å². The molecule has 0 saturated heterocycles. The molecule has 0 saturated carbocycles. The first-order valence-electron chi connectivity index (χ1n) is 7.52. The molecule has 4 nitrogen and oxygen atoms in total. The highest BCUT2D eigenvalue weighted by molar-refractivity contribution is 5.84. The minimum Gasteiger partial charge on any atom is -0.383 e. The molecule has 0 aromatic heterocycles. The Labute approximate surface area is 121 Å². The van der Waals surface area contributed by atoms with Gasteiger partial charge in [0.15, 0.2) is 0 Å². The standard InChI is InChI=1S/C16H25N3O/c1-4-19(5-2)15(20)12-18(3)14-10-6-8-13-9-7-11-17-16(13)14/h6,8,10,17H,4-5,7,9,11-12H2,1-3H3. The minimum absolute atomic E-state index is 0.186. The van der Waals surface area contributed by atoms with Crippen LogP contribution >= 0.6 is 0 Å². The Kier molecular flexibility index (Phi) is 4.88. The van der Waals surface area contributed by atoms with Gasteiger partial charge in [-0.05, 0) is 38.3 Å². The van der Waals surface area contributed by atoms with Crippen LogP contribution in [0.2, 0.25) is 0 Å². The van der Waals surface area contributed by atoms with Gasteiger partial charge in [0.25, 0.3) is 0 Å². The van der Waals surface area contributed by atoms with Gasteiger partial charge in [-0.3, -0.25) is 4.79 Å². The van der Waals surface area contributed by atoms with Crippen molar-refractivity contribution in [3.8, 4) is 0 Å². The number of nitrogens with zero attached hydrogens (tertiary/aromatic N) is 2. The fraction of sp³-hybridized carbons (Fsp3) is 0.562. The van der Waals surface area contributed by atoms with Crippen LogP contribution in [0.5, 0.6) is 0 Å². The fourth-order valence-corrected chi connectivity index (χ4v) is 2.77. The van der Waals surface area contributed by atoms with Crippen LogP contribution in [-0.2, 0) is 11.2 Å². The molecule has 0 bridgehead atoms. The molecule has 1 heterocycles. The zero-order valence-electron chi connectivity index (χ0n) is 12.8. The van der Waals surface area contributed by atoms with Crippen LogP contribution in [0.1, 0.15) is 25.8 Å². The summed E-state index contributed by atoms with van der Waals surface area (Å²) in [5, 5.41) is 3.48. The van der Waals surface area contributed by atoms with Crippen molar-refractivity contribution < 1.29 is 4.79 Å². The van der Waals surface area contributed by atoms with Gasteiger partial charge in [-0.25, -0.2) is 0 Å². The molecule has 2 rings (SSSR count). The third-order valence-corrected chi connectivity index (χ3v) is 3.95. The highest BCUT2D eigenvalue weighted by atomic mass is 16.2. The van der Waals surface area contributed by atoms with Crippen molar-refractivity contribution in [2.75, 3.05) is 43.4 Å². The summed E-state index contributed by atoms with van der Waals surface area (Å²) in [6, 6.07) is 6.34. The van der Waals surface area contributed by atoms with Gasteiger partial charge in [0.2, 0.25) is 5.91 Å². The molecule has 0 fully saturated rings. The normalized spacial score (nSPS) is 13.3. The molecule has 1 aromatic carbocycles. The molecule has 0 radical (unpaired) electrons. The van der Waals surface area contributed by atoms with Crippen molar-refractivity contribution in [2.24, 2.45) is 0 Å². The molecule has 1 aromatic rings. The van der Waals surface area contributed by atoms with E-state index in [2.05, 4.69) is 28.4 Å². The lowest BCUT2D eigenvalue weighted by Gasteiger charge is -2.28. The number of rotatable bonds is 5. The summed E-state index contributed by atoms with van der Waals surface area (Å²) in [6.07, 6.45) is 2.30. The summed E-state index contributed by atoms with van der Waals surface area (Å²) in [7, 11) is 1.99. The second-order valence-corrected chi connectivity index (χ2v) is 5.26. The second-order valence-electron chi connectivity index (χ2n) is 5.26. The molecular weight excluding hydrogens is 250 g/mol. The van der Waals surface area contributed by atoms with E-state index in [4.69, 9.17) is 0 Å². The van der Waals surface area contributed by atoms with Crippen LogP contribution in [0.25, 0.3) is 0 Å². The second kappa shape index (κ2) is 6.64. The third kappa shape index (κ3) is 3.06. The van der Waals surface area contributed by atoms with Gasteiger partial charge >= 0.3 is 0 Å². The lowest BCUT2D eigenvalue weighted by molar-refractivity contribution is -0.129. The number of anilines is 2. The smallest absolute Gasteiger partial charge is 0.242 e. The topological polar surface area (TPSA) is 35.6 Å². The molecule has 0 unspecified atom stereocenters. The molecule has 1 amide bonds. The number of benzene rings is 1. The first-order chi connectivity index (χ1) is 9.67. The molecule has 1 aliphatic heterocycles. The van der Waals surface area contributed by atoms with Crippen LogP contribution in [0, 0.1) is 0 Å². The Morgan fingerprint density at radius 2 is 2.05 bits per heavy atom.